The summed E-state index contributed by atoms with van der Waals surface area (Å²) in [6, 6.07) is -0.736. The van der Waals surface area contributed by atoms with Gasteiger partial charge < -0.3 is 25.5 Å². The highest BCUT2D eigenvalue weighted by Gasteiger charge is 2.25. The van der Waals surface area contributed by atoms with Crippen molar-refractivity contribution >= 4 is 29.1 Å². The highest BCUT2D eigenvalue weighted by atomic mass is 16.6. The van der Waals surface area contributed by atoms with E-state index in [0.717, 1.165) is 25.7 Å². The smallest absolute Gasteiger partial charge is 0.323 e. The van der Waals surface area contributed by atoms with Crippen molar-refractivity contribution in [2.24, 2.45) is 11.7 Å². The molecule has 0 bridgehead atoms. The van der Waals surface area contributed by atoms with Crippen LogP contribution in [0.25, 0.3) is 11.2 Å². The number of nitrogens with one attached hydrogen (secondary N) is 1. The molecule has 0 spiro atoms. The van der Waals surface area contributed by atoms with Crippen molar-refractivity contribution < 1.29 is 19.1 Å². The highest BCUT2D eigenvalue weighted by molar-refractivity contribution is 5.76. The number of aryl methyl sites for hydroxylation is 1. The maximum atomic E-state index is 12.7. The van der Waals surface area contributed by atoms with Crippen molar-refractivity contribution in [3.63, 3.8) is 0 Å². The number of fused-ring (bicyclic) bond motifs is 1. The Hall–Kier alpha value is -2.95. The van der Waals surface area contributed by atoms with Gasteiger partial charge >= 0.3 is 11.9 Å². The van der Waals surface area contributed by atoms with Crippen LogP contribution >= 0.6 is 0 Å². The van der Waals surface area contributed by atoms with Gasteiger partial charge in [0.25, 0.3) is 5.56 Å². The van der Waals surface area contributed by atoms with Crippen LogP contribution in [0.3, 0.4) is 0 Å². The number of H-pyrrole nitrogens is 1. The SMILES string of the molecule is CCCCCCCCCCCCCC(=O)OCCC(CCn1cnc2c(=O)[nH]c(N)nc21)OC(=O)[C@@H](N)[C@@H](C)CC. The summed E-state index contributed by atoms with van der Waals surface area (Å²) < 4.78 is 12.9. The van der Waals surface area contributed by atoms with Crippen LogP contribution in [0, 0.1) is 5.92 Å². The number of unbranched alkanes of at least 4 members (excludes halogenated alkanes) is 10. The van der Waals surface area contributed by atoms with Gasteiger partial charge in [-0.3, -0.25) is 19.4 Å². The Morgan fingerprint density at radius 1 is 1.00 bits per heavy atom. The second-order valence-corrected chi connectivity index (χ2v) is 11.1. The molecule has 3 atom stereocenters. The van der Waals surface area contributed by atoms with Gasteiger partial charge in [0.15, 0.2) is 11.2 Å². The number of esters is 2. The molecular formula is C30H52N6O5. The molecule has 11 nitrogen and oxygen atoms in total. The van der Waals surface area contributed by atoms with Gasteiger partial charge in [0, 0.05) is 25.8 Å². The predicted octanol–water partition coefficient (Wildman–Crippen LogP) is 5.01. The van der Waals surface area contributed by atoms with E-state index in [0.29, 0.717) is 31.5 Å². The average Bonchev–Trinajstić information content (AvgIpc) is 3.36. The second kappa shape index (κ2) is 19.2. The minimum atomic E-state index is -0.736. The normalized spacial score (nSPS) is 13.7. The molecule has 0 aliphatic carbocycles. The number of aromatic nitrogens is 4. The van der Waals surface area contributed by atoms with Crippen LogP contribution in [0.1, 0.15) is 117 Å². The Bertz CT molecular complexity index is 1100. The summed E-state index contributed by atoms with van der Waals surface area (Å²) >= 11 is 0. The van der Waals surface area contributed by atoms with E-state index < -0.39 is 23.7 Å². The number of ether oxygens (including phenoxy) is 2. The molecule has 1 unspecified atom stereocenters. The lowest BCUT2D eigenvalue weighted by Crippen LogP contribution is -2.40. The Balaban J connectivity index is 1.77. The Labute approximate surface area is 244 Å². The largest absolute Gasteiger partial charge is 0.466 e. The van der Waals surface area contributed by atoms with E-state index in [1.54, 1.807) is 4.57 Å². The van der Waals surface area contributed by atoms with Crippen LogP contribution in [-0.2, 0) is 25.6 Å². The zero-order chi connectivity index (χ0) is 30.0. The van der Waals surface area contributed by atoms with Crippen LogP contribution in [0.4, 0.5) is 5.95 Å². The molecule has 0 saturated carbocycles. The van der Waals surface area contributed by atoms with Crippen LogP contribution in [0.15, 0.2) is 11.1 Å². The number of anilines is 1. The molecule has 0 aliphatic rings. The molecule has 0 radical (unpaired) electrons. The maximum absolute atomic E-state index is 12.7. The second-order valence-electron chi connectivity index (χ2n) is 11.1. The number of imidazole rings is 1. The molecule has 2 aromatic heterocycles. The van der Waals surface area contributed by atoms with Gasteiger partial charge in [-0.1, -0.05) is 91.4 Å². The molecule has 0 aliphatic heterocycles. The van der Waals surface area contributed by atoms with Crippen LogP contribution in [0.2, 0.25) is 0 Å². The number of nitrogens with two attached hydrogens (primary N) is 2. The summed E-state index contributed by atoms with van der Waals surface area (Å²) in [5.41, 5.74) is 11.9. The third kappa shape index (κ3) is 12.6. The molecule has 2 heterocycles. The molecular weight excluding hydrogens is 524 g/mol. The summed E-state index contributed by atoms with van der Waals surface area (Å²) in [4.78, 5) is 47.8. The number of hydrogen-bond acceptors (Lipinski definition) is 9. The summed E-state index contributed by atoms with van der Waals surface area (Å²) in [7, 11) is 0. The monoisotopic (exact) mass is 576 g/mol. The van der Waals surface area contributed by atoms with E-state index in [-0.39, 0.29) is 30.0 Å². The van der Waals surface area contributed by atoms with Crippen molar-refractivity contribution in [1.29, 1.82) is 0 Å². The molecule has 5 N–H and O–H groups in total. The van der Waals surface area contributed by atoms with Crippen LogP contribution in [0.5, 0.6) is 0 Å². The molecule has 0 fully saturated rings. The van der Waals surface area contributed by atoms with E-state index >= 15 is 0 Å². The van der Waals surface area contributed by atoms with Gasteiger partial charge in [-0.15, -0.1) is 0 Å². The summed E-state index contributed by atoms with van der Waals surface area (Å²) in [5, 5.41) is 0. The molecule has 0 aromatic carbocycles. The zero-order valence-corrected chi connectivity index (χ0v) is 25.4. The first-order chi connectivity index (χ1) is 19.8. The minimum absolute atomic E-state index is 0.00327. The molecule has 11 heteroatoms. The minimum Gasteiger partial charge on any atom is -0.466 e. The van der Waals surface area contributed by atoms with Gasteiger partial charge in [-0.2, -0.15) is 4.98 Å². The van der Waals surface area contributed by atoms with Gasteiger partial charge in [-0.05, 0) is 12.3 Å². The fourth-order valence-corrected chi connectivity index (χ4v) is 4.72. The predicted molar refractivity (Wildman–Crippen MR) is 161 cm³/mol. The van der Waals surface area contributed by atoms with Gasteiger partial charge in [0.05, 0.1) is 12.9 Å². The first-order valence-electron chi connectivity index (χ1n) is 15.6. The van der Waals surface area contributed by atoms with Gasteiger partial charge in [0.1, 0.15) is 12.1 Å². The van der Waals surface area contributed by atoms with Crippen molar-refractivity contribution in [3.05, 3.63) is 16.7 Å². The molecule has 0 saturated heterocycles. The number of nitrogens with zero attached hydrogens (tertiary/aromatic N) is 3. The van der Waals surface area contributed by atoms with Crippen LogP contribution in [-0.4, -0.2) is 50.2 Å². The summed E-state index contributed by atoms with van der Waals surface area (Å²) in [5.74, 6) is -0.743. The third-order valence-corrected chi connectivity index (χ3v) is 7.68. The van der Waals surface area contributed by atoms with Gasteiger partial charge in [0.2, 0.25) is 5.95 Å². The first kappa shape index (κ1) is 34.3. The molecule has 232 valence electrons. The fourth-order valence-electron chi connectivity index (χ4n) is 4.72. The Kier molecular flexibility index (Phi) is 16.1. The molecule has 41 heavy (non-hydrogen) atoms. The Morgan fingerprint density at radius 2 is 1.63 bits per heavy atom. The number of rotatable bonds is 22. The lowest BCUT2D eigenvalue weighted by molar-refractivity contribution is -0.154. The summed E-state index contributed by atoms with van der Waals surface area (Å²) in [6.07, 6.45) is 16.3. The first-order valence-corrected chi connectivity index (χ1v) is 15.6. The van der Waals surface area contributed by atoms with Crippen molar-refractivity contribution in [1.82, 2.24) is 19.5 Å². The third-order valence-electron chi connectivity index (χ3n) is 7.68. The zero-order valence-electron chi connectivity index (χ0n) is 25.4. The van der Waals surface area contributed by atoms with Crippen molar-refractivity contribution in [2.45, 2.75) is 136 Å². The van der Waals surface area contributed by atoms with Gasteiger partial charge in [-0.25, -0.2) is 4.98 Å². The van der Waals surface area contributed by atoms with E-state index in [1.165, 1.54) is 57.7 Å². The average molecular weight is 577 g/mol. The van der Waals surface area contributed by atoms with Crippen molar-refractivity contribution in [2.75, 3.05) is 12.3 Å². The number of aromatic amines is 1. The Morgan fingerprint density at radius 3 is 2.27 bits per heavy atom. The topological polar surface area (TPSA) is 168 Å². The molecule has 0 amide bonds. The van der Waals surface area contributed by atoms with Crippen molar-refractivity contribution in [3.8, 4) is 0 Å². The fraction of sp³-hybridized carbons (Fsp3) is 0.767. The lowest BCUT2D eigenvalue weighted by Gasteiger charge is -2.23. The van der Waals surface area contributed by atoms with Crippen LogP contribution < -0.4 is 17.0 Å². The number of nitrogen functional groups attached to an aromatic ring is 1. The van der Waals surface area contributed by atoms with E-state index in [9.17, 15) is 14.4 Å². The highest BCUT2D eigenvalue weighted by Crippen LogP contribution is 2.16. The number of carbonyl (C=O) groups excluding carboxylic acids is 2. The quantitative estimate of drug-likeness (QED) is 0.129. The number of carbonyl (C=O) groups is 2. The molecule has 2 aromatic rings. The standard InChI is InChI=1S/C30H52N6O5/c1-4-6-7-8-9-10-11-12-13-14-15-16-24(37)40-20-18-23(41-29(39)25(31)22(3)5-2)17-19-36-21-33-26-27(36)34-30(32)35-28(26)38/h21-23,25H,4-20,31H2,1-3H3,(H3,32,34,35,38)/t22-,23?,25-/m0/s1. The van der Waals surface area contributed by atoms with E-state index in [4.69, 9.17) is 20.9 Å². The van der Waals surface area contributed by atoms with E-state index in [2.05, 4.69) is 21.9 Å². The molecule has 2 rings (SSSR count). The van der Waals surface area contributed by atoms with E-state index in [1.807, 2.05) is 13.8 Å². The summed E-state index contributed by atoms with van der Waals surface area (Å²) in [6.45, 7) is 6.62. The lowest BCUT2D eigenvalue weighted by atomic mass is 10.0. The maximum Gasteiger partial charge on any atom is 0.323 e. The number of hydrogen-bond donors (Lipinski definition) is 3.